The average Bonchev–Trinajstić information content (AvgIpc) is 2.55. The SMILES string of the molecule is O=C(Nc1c(Cl)cccc1Cl)c1cnc(Cl)nc1NCCCCO. The van der Waals surface area contributed by atoms with Crippen LogP contribution >= 0.6 is 34.8 Å². The molecule has 0 unspecified atom stereocenters. The number of benzene rings is 1. The number of nitrogens with zero attached hydrogens (tertiary/aromatic N) is 2. The Morgan fingerprint density at radius 1 is 1.17 bits per heavy atom. The van der Waals surface area contributed by atoms with Crippen molar-refractivity contribution in [1.82, 2.24) is 9.97 Å². The molecule has 6 nitrogen and oxygen atoms in total. The number of aliphatic hydroxyl groups excluding tert-OH is 1. The monoisotopic (exact) mass is 388 g/mol. The van der Waals surface area contributed by atoms with Gasteiger partial charge in [-0.1, -0.05) is 29.3 Å². The summed E-state index contributed by atoms with van der Waals surface area (Å²) in [6.45, 7) is 0.631. The van der Waals surface area contributed by atoms with Crippen LogP contribution in [-0.4, -0.2) is 34.1 Å². The van der Waals surface area contributed by atoms with Crippen LogP contribution < -0.4 is 10.6 Å². The van der Waals surface area contributed by atoms with Crippen LogP contribution in [0.25, 0.3) is 0 Å². The minimum Gasteiger partial charge on any atom is -0.396 e. The number of rotatable bonds is 7. The van der Waals surface area contributed by atoms with E-state index < -0.39 is 5.91 Å². The van der Waals surface area contributed by atoms with Gasteiger partial charge in [0.2, 0.25) is 5.28 Å². The predicted molar refractivity (Wildman–Crippen MR) is 96.3 cm³/mol. The van der Waals surface area contributed by atoms with E-state index in [1.54, 1.807) is 18.2 Å². The smallest absolute Gasteiger partial charge is 0.261 e. The molecule has 2 aromatic rings. The fraction of sp³-hybridized carbons (Fsp3) is 0.267. The Bertz CT molecular complexity index is 708. The van der Waals surface area contributed by atoms with Gasteiger partial charge in [0.05, 0.1) is 15.7 Å². The first kappa shape index (κ1) is 18.7. The van der Waals surface area contributed by atoms with Gasteiger partial charge >= 0.3 is 0 Å². The Labute approximate surface area is 154 Å². The van der Waals surface area contributed by atoms with Gasteiger partial charge in [0.15, 0.2) is 0 Å². The molecule has 0 bridgehead atoms. The number of carbonyl (C=O) groups is 1. The van der Waals surface area contributed by atoms with Crippen LogP contribution in [0.15, 0.2) is 24.4 Å². The Hall–Kier alpha value is -1.60. The van der Waals surface area contributed by atoms with E-state index in [0.29, 0.717) is 34.5 Å². The van der Waals surface area contributed by atoms with E-state index in [0.717, 1.165) is 6.42 Å². The van der Waals surface area contributed by atoms with E-state index in [4.69, 9.17) is 39.9 Å². The lowest BCUT2D eigenvalue weighted by Gasteiger charge is -2.12. The molecule has 0 aliphatic rings. The van der Waals surface area contributed by atoms with Gasteiger partial charge in [-0.2, -0.15) is 4.98 Å². The molecular formula is C15H15Cl3N4O2. The van der Waals surface area contributed by atoms with Crippen molar-refractivity contribution in [2.75, 3.05) is 23.8 Å². The lowest BCUT2D eigenvalue weighted by Crippen LogP contribution is -2.17. The number of hydrogen-bond acceptors (Lipinski definition) is 5. The number of para-hydroxylation sites is 1. The van der Waals surface area contributed by atoms with Gasteiger partial charge in [-0.3, -0.25) is 4.79 Å². The van der Waals surface area contributed by atoms with Gasteiger partial charge in [0, 0.05) is 19.3 Å². The van der Waals surface area contributed by atoms with Crippen molar-refractivity contribution in [2.24, 2.45) is 0 Å². The fourth-order valence-electron chi connectivity index (χ4n) is 1.90. The Kier molecular flexibility index (Phi) is 7.05. The van der Waals surface area contributed by atoms with Gasteiger partial charge in [-0.15, -0.1) is 0 Å². The summed E-state index contributed by atoms with van der Waals surface area (Å²) in [5, 5.41) is 15.1. The molecule has 9 heteroatoms. The Morgan fingerprint density at radius 3 is 2.54 bits per heavy atom. The first-order valence-electron chi connectivity index (χ1n) is 7.15. The fourth-order valence-corrected chi connectivity index (χ4v) is 2.53. The van der Waals surface area contributed by atoms with E-state index in [1.807, 2.05) is 0 Å². The summed E-state index contributed by atoms with van der Waals surface area (Å²) in [6.07, 6.45) is 2.68. The lowest BCUT2D eigenvalue weighted by molar-refractivity contribution is 0.102. The molecule has 0 aliphatic carbocycles. The maximum atomic E-state index is 12.5. The maximum Gasteiger partial charge on any atom is 0.261 e. The second-order valence-electron chi connectivity index (χ2n) is 4.81. The minimum atomic E-state index is -0.466. The van der Waals surface area contributed by atoms with E-state index >= 15 is 0 Å². The first-order valence-corrected chi connectivity index (χ1v) is 8.29. The highest BCUT2D eigenvalue weighted by molar-refractivity contribution is 6.40. The summed E-state index contributed by atoms with van der Waals surface area (Å²) in [4.78, 5) is 20.4. The molecule has 0 saturated carbocycles. The average molecular weight is 390 g/mol. The van der Waals surface area contributed by atoms with Crippen molar-refractivity contribution < 1.29 is 9.90 Å². The standard InChI is InChI=1S/C15H15Cl3N4O2/c16-10-4-3-5-11(17)12(10)21-14(24)9-8-20-15(18)22-13(9)19-6-1-2-7-23/h3-5,8,23H,1-2,6-7H2,(H,21,24)(H,19,20,22). The van der Waals surface area contributed by atoms with E-state index in [9.17, 15) is 4.79 Å². The van der Waals surface area contributed by atoms with E-state index in [2.05, 4.69) is 20.6 Å². The summed E-state index contributed by atoms with van der Waals surface area (Å²) < 4.78 is 0. The van der Waals surface area contributed by atoms with Gasteiger partial charge < -0.3 is 15.7 Å². The highest BCUT2D eigenvalue weighted by Crippen LogP contribution is 2.30. The van der Waals surface area contributed by atoms with Crippen molar-refractivity contribution in [2.45, 2.75) is 12.8 Å². The molecule has 2 rings (SSSR count). The third kappa shape index (κ3) is 4.95. The molecule has 0 radical (unpaired) electrons. The molecule has 0 saturated heterocycles. The number of unbranched alkanes of at least 4 members (excludes halogenated alkanes) is 1. The second kappa shape index (κ2) is 9.03. The van der Waals surface area contributed by atoms with Crippen LogP contribution in [0.3, 0.4) is 0 Å². The highest BCUT2D eigenvalue weighted by Gasteiger charge is 2.17. The number of nitrogens with one attached hydrogen (secondary N) is 2. The number of anilines is 2. The number of amides is 1. The summed E-state index contributed by atoms with van der Waals surface area (Å²) in [7, 11) is 0. The minimum absolute atomic E-state index is 0.0204. The molecule has 0 aliphatic heterocycles. The molecule has 128 valence electrons. The summed E-state index contributed by atoms with van der Waals surface area (Å²) in [5.41, 5.74) is 0.520. The van der Waals surface area contributed by atoms with Crippen LogP contribution in [0, 0.1) is 0 Å². The molecule has 1 heterocycles. The van der Waals surface area contributed by atoms with E-state index in [-0.39, 0.29) is 17.5 Å². The van der Waals surface area contributed by atoms with Crippen molar-refractivity contribution in [3.63, 3.8) is 0 Å². The molecule has 24 heavy (non-hydrogen) atoms. The number of halogens is 3. The molecule has 0 atom stereocenters. The molecular weight excluding hydrogens is 375 g/mol. The van der Waals surface area contributed by atoms with Crippen molar-refractivity contribution >= 4 is 52.2 Å². The summed E-state index contributed by atoms with van der Waals surface area (Å²) in [6, 6.07) is 4.92. The number of aliphatic hydroxyl groups is 1. The number of hydrogen-bond donors (Lipinski definition) is 3. The quantitative estimate of drug-likeness (QED) is 0.494. The zero-order valence-corrected chi connectivity index (χ0v) is 14.8. The first-order chi connectivity index (χ1) is 11.5. The van der Waals surface area contributed by atoms with Gasteiger partial charge in [0.25, 0.3) is 5.91 Å². The van der Waals surface area contributed by atoms with Gasteiger partial charge in [-0.25, -0.2) is 4.98 Å². The molecule has 1 aromatic carbocycles. The lowest BCUT2D eigenvalue weighted by atomic mass is 10.2. The van der Waals surface area contributed by atoms with Crippen molar-refractivity contribution in [3.8, 4) is 0 Å². The topological polar surface area (TPSA) is 87.1 Å². The largest absolute Gasteiger partial charge is 0.396 e. The molecule has 1 aromatic heterocycles. The van der Waals surface area contributed by atoms with Gasteiger partial charge in [0.1, 0.15) is 11.4 Å². The molecule has 3 N–H and O–H groups in total. The zero-order chi connectivity index (χ0) is 17.5. The third-order valence-electron chi connectivity index (χ3n) is 3.08. The van der Waals surface area contributed by atoms with Crippen LogP contribution in [0.2, 0.25) is 15.3 Å². The molecule has 1 amide bonds. The number of carbonyl (C=O) groups excluding carboxylic acids is 1. The summed E-state index contributed by atoms with van der Waals surface area (Å²) >= 11 is 17.9. The molecule has 0 fully saturated rings. The van der Waals surface area contributed by atoms with Crippen molar-refractivity contribution in [1.29, 1.82) is 0 Å². The number of aromatic nitrogens is 2. The summed E-state index contributed by atoms with van der Waals surface area (Å²) in [5.74, 6) is -0.167. The van der Waals surface area contributed by atoms with Crippen LogP contribution in [0.5, 0.6) is 0 Å². The Morgan fingerprint density at radius 2 is 1.88 bits per heavy atom. The third-order valence-corrected chi connectivity index (χ3v) is 3.89. The van der Waals surface area contributed by atoms with Crippen molar-refractivity contribution in [3.05, 3.63) is 45.3 Å². The normalized spacial score (nSPS) is 10.5. The van der Waals surface area contributed by atoms with Crippen LogP contribution in [0.1, 0.15) is 23.2 Å². The molecule has 0 spiro atoms. The predicted octanol–water partition coefficient (Wildman–Crippen LogP) is 3.87. The van der Waals surface area contributed by atoms with Gasteiger partial charge in [-0.05, 0) is 36.6 Å². The van der Waals surface area contributed by atoms with Crippen LogP contribution in [0.4, 0.5) is 11.5 Å². The maximum absolute atomic E-state index is 12.5. The Balaban J connectivity index is 2.19. The zero-order valence-electron chi connectivity index (χ0n) is 12.5. The van der Waals surface area contributed by atoms with Crippen LogP contribution in [-0.2, 0) is 0 Å². The second-order valence-corrected chi connectivity index (χ2v) is 5.96. The van der Waals surface area contributed by atoms with E-state index in [1.165, 1.54) is 6.20 Å². The highest BCUT2D eigenvalue weighted by atomic mass is 35.5.